The number of sulfonamides is 1. The van der Waals surface area contributed by atoms with Crippen molar-refractivity contribution in [2.24, 2.45) is 5.84 Å². The van der Waals surface area contributed by atoms with Crippen molar-refractivity contribution in [3.8, 4) is 0 Å². The van der Waals surface area contributed by atoms with E-state index in [1.807, 2.05) is 0 Å². The van der Waals surface area contributed by atoms with Crippen LogP contribution in [-0.4, -0.2) is 19.8 Å². The number of hydrogen-bond acceptors (Lipinski definition) is 6. The first-order chi connectivity index (χ1) is 10.8. The van der Waals surface area contributed by atoms with Crippen LogP contribution >= 0.6 is 0 Å². The van der Waals surface area contributed by atoms with Gasteiger partial charge in [0.25, 0.3) is 15.7 Å². The summed E-state index contributed by atoms with van der Waals surface area (Å²) in [7, 11) is -3.98. The Kier molecular flexibility index (Phi) is 4.57. The topological polar surface area (TPSA) is 136 Å². The van der Waals surface area contributed by atoms with Gasteiger partial charge in [0.15, 0.2) is 0 Å². The van der Waals surface area contributed by atoms with Crippen LogP contribution in [0, 0.1) is 10.1 Å². The van der Waals surface area contributed by atoms with Gasteiger partial charge >= 0.3 is 0 Å². The van der Waals surface area contributed by atoms with Gasteiger partial charge in [0, 0.05) is 17.8 Å². The lowest BCUT2D eigenvalue weighted by Gasteiger charge is -2.12. The molecule has 2 aromatic rings. The molecule has 0 spiro atoms. The number of hydrazine groups is 1. The highest BCUT2D eigenvalue weighted by atomic mass is 32.2. The van der Waals surface area contributed by atoms with E-state index < -0.39 is 14.9 Å². The van der Waals surface area contributed by atoms with Crippen molar-refractivity contribution in [3.63, 3.8) is 0 Å². The number of nitro benzene ring substituents is 1. The minimum absolute atomic E-state index is 0.222. The van der Waals surface area contributed by atoms with Gasteiger partial charge in [-0.1, -0.05) is 6.07 Å². The predicted molar refractivity (Wildman–Crippen MR) is 83.1 cm³/mol. The van der Waals surface area contributed by atoms with Crippen molar-refractivity contribution >= 4 is 33.5 Å². The number of nitrogens with two attached hydrogens (primary N) is 1. The van der Waals surface area contributed by atoms with E-state index >= 15 is 0 Å². The Morgan fingerprint density at radius 2 is 1.83 bits per heavy atom. The van der Waals surface area contributed by atoms with E-state index in [1.54, 1.807) is 0 Å². The van der Waals surface area contributed by atoms with Crippen LogP contribution in [0.2, 0.25) is 0 Å². The van der Waals surface area contributed by atoms with Gasteiger partial charge in [-0.05, 0) is 30.3 Å². The Morgan fingerprint density at radius 3 is 2.39 bits per heavy atom. The molecule has 0 radical (unpaired) electrons. The minimum atomic E-state index is -3.98. The van der Waals surface area contributed by atoms with Crippen molar-refractivity contribution in [2.45, 2.75) is 4.90 Å². The van der Waals surface area contributed by atoms with E-state index in [2.05, 4.69) is 4.72 Å². The number of nitro groups is 1. The van der Waals surface area contributed by atoms with Gasteiger partial charge in [0.05, 0.1) is 15.5 Å². The second-order valence-corrected chi connectivity index (χ2v) is 6.10. The number of non-ortho nitro benzene ring substituents is 1. The maximum atomic E-state index is 12.2. The molecular weight excluding hydrogens is 324 g/mol. The number of carbonyl (C=O) groups is 1. The van der Waals surface area contributed by atoms with Gasteiger partial charge in [-0.3, -0.25) is 24.6 Å². The van der Waals surface area contributed by atoms with E-state index in [0.717, 1.165) is 11.1 Å². The number of nitrogens with zero attached hydrogens (tertiary/aromatic N) is 2. The summed E-state index contributed by atoms with van der Waals surface area (Å²) in [6.07, 6.45) is 0.405. The van der Waals surface area contributed by atoms with Crippen LogP contribution in [0.3, 0.4) is 0 Å². The molecular formula is C13H12N4O5S. The van der Waals surface area contributed by atoms with Gasteiger partial charge in [-0.15, -0.1) is 0 Å². The maximum absolute atomic E-state index is 12.2. The van der Waals surface area contributed by atoms with Crippen LogP contribution in [0.4, 0.5) is 17.1 Å². The first-order valence-electron chi connectivity index (χ1n) is 6.20. The molecule has 0 heterocycles. The monoisotopic (exact) mass is 336 g/mol. The molecule has 0 aromatic heterocycles. The number of rotatable bonds is 6. The number of amides is 1. The second-order valence-electron chi connectivity index (χ2n) is 4.42. The van der Waals surface area contributed by atoms with E-state index in [9.17, 15) is 23.3 Å². The Balaban J connectivity index is 2.26. The van der Waals surface area contributed by atoms with Crippen LogP contribution in [0.1, 0.15) is 0 Å². The molecule has 120 valence electrons. The number of carbonyl (C=O) groups excluding carboxylic acids is 1. The molecule has 10 heteroatoms. The average Bonchev–Trinajstić information content (AvgIpc) is 2.54. The van der Waals surface area contributed by atoms with E-state index in [0.29, 0.717) is 12.1 Å². The molecule has 0 bridgehead atoms. The molecule has 2 rings (SSSR count). The summed E-state index contributed by atoms with van der Waals surface area (Å²) in [5.74, 6) is 5.37. The highest BCUT2D eigenvalue weighted by Crippen LogP contribution is 2.21. The molecule has 0 aliphatic rings. The first kappa shape index (κ1) is 16.4. The summed E-state index contributed by atoms with van der Waals surface area (Å²) < 4.78 is 26.7. The molecule has 9 nitrogen and oxygen atoms in total. The van der Waals surface area contributed by atoms with Gasteiger partial charge in [-0.2, -0.15) is 0 Å². The Morgan fingerprint density at radius 1 is 1.17 bits per heavy atom. The minimum Gasteiger partial charge on any atom is -0.280 e. The van der Waals surface area contributed by atoms with Crippen molar-refractivity contribution in [1.82, 2.24) is 0 Å². The largest absolute Gasteiger partial charge is 0.280 e. The molecule has 0 aliphatic carbocycles. The van der Waals surface area contributed by atoms with E-state index in [-0.39, 0.29) is 16.3 Å². The number of nitrogens with one attached hydrogen (secondary N) is 1. The standard InChI is InChI=1S/C13H12N4O5S/c14-16(9-18)11-6-4-10(5-7-11)15-23(21,22)13-3-1-2-12(8-13)17(19)20/h1-9,15H,14H2. The highest BCUT2D eigenvalue weighted by Gasteiger charge is 2.17. The van der Waals surface area contributed by atoms with Crippen LogP contribution in [-0.2, 0) is 14.8 Å². The zero-order valence-electron chi connectivity index (χ0n) is 11.6. The molecule has 0 unspecified atom stereocenters. The van der Waals surface area contributed by atoms with Crippen LogP contribution in [0.15, 0.2) is 53.4 Å². The fourth-order valence-electron chi connectivity index (χ4n) is 1.74. The second kappa shape index (κ2) is 6.42. The third kappa shape index (κ3) is 3.81. The summed E-state index contributed by atoms with van der Waals surface area (Å²) in [5.41, 5.74) is 0.269. The fraction of sp³-hybridized carbons (Fsp3) is 0. The van der Waals surface area contributed by atoms with Gasteiger partial charge in [0.1, 0.15) is 0 Å². The maximum Gasteiger partial charge on any atom is 0.270 e. The van der Waals surface area contributed by atoms with Crippen LogP contribution in [0.25, 0.3) is 0 Å². The highest BCUT2D eigenvalue weighted by molar-refractivity contribution is 7.92. The third-order valence-corrected chi connectivity index (χ3v) is 4.25. The molecule has 0 fully saturated rings. The van der Waals surface area contributed by atoms with Crippen LogP contribution < -0.4 is 15.6 Å². The summed E-state index contributed by atoms with van der Waals surface area (Å²) in [6.45, 7) is 0. The first-order valence-corrected chi connectivity index (χ1v) is 7.68. The van der Waals surface area contributed by atoms with Crippen molar-refractivity contribution < 1.29 is 18.1 Å². The zero-order chi connectivity index (χ0) is 17.0. The van der Waals surface area contributed by atoms with Gasteiger partial charge < -0.3 is 0 Å². The third-order valence-electron chi connectivity index (χ3n) is 2.87. The van der Waals surface area contributed by atoms with E-state index in [4.69, 9.17) is 5.84 Å². The summed E-state index contributed by atoms with van der Waals surface area (Å²) in [5, 5.41) is 11.5. The summed E-state index contributed by atoms with van der Waals surface area (Å²) in [6, 6.07) is 10.4. The van der Waals surface area contributed by atoms with Gasteiger partial charge in [0.2, 0.25) is 6.41 Å². The Hall–Kier alpha value is -2.98. The number of benzene rings is 2. The summed E-state index contributed by atoms with van der Waals surface area (Å²) in [4.78, 5) is 20.3. The Labute approximate surface area is 131 Å². The molecule has 0 saturated heterocycles. The molecule has 3 N–H and O–H groups in total. The lowest BCUT2D eigenvalue weighted by atomic mass is 10.3. The zero-order valence-corrected chi connectivity index (χ0v) is 12.4. The fourth-order valence-corrected chi connectivity index (χ4v) is 2.84. The van der Waals surface area contributed by atoms with Crippen molar-refractivity contribution in [2.75, 3.05) is 9.73 Å². The molecule has 0 atom stereocenters. The van der Waals surface area contributed by atoms with E-state index in [1.165, 1.54) is 42.5 Å². The Bertz CT molecular complexity index is 836. The molecule has 2 aromatic carbocycles. The van der Waals surface area contributed by atoms with Gasteiger partial charge in [-0.25, -0.2) is 14.3 Å². The molecule has 0 saturated carbocycles. The lowest BCUT2D eigenvalue weighted by Crippen LogP contribution is -2.28. The molecule has 23 heavy (non-hydrogen) atoms. The average molecular weight is 336 g/mol. The predicted octanol–water partition coefficient (Wildman–Crippen LogP) is 1.23. The number of anilines is 2. The SMILES string of the molecule is NN(C=O)c1ccc(NS(=O)(=O)c2cccc([N+](=O)[O-])c2)cc1. The normalized spacial score (nSPS) is 10.8. The molecule has 0 aliphatic heterocycles. The number of hydrogen-bond donors (Lipinski definition) is 2. The van der Waals surface area contributed by atoms with Crippen molar-refractivity contribution in [3.05, 3.63) is 58.6 Å². The quantitative estimate of drug-likeness (QED) is 0.268. The van der Waals surface area contributed by atoms with Crippen molar-refractivity contribution in [1.29, 1.82) is 0 Å². The lowest BCUT2D eigenvalue weighted by molar-refractivity contribution is -0.385. The molecule has 1 amide bonds. The smallest absolute Gasteiger partial charge is 0.270 e. The van der Waals surface area contributed by atoms with Crippen LogP contribution in [0.5, 0.6) is 0 Å². The summed E-state index contributed by atoms with van der Waals surface area (Å²) >= 11 is 0.